The summed E-state index contributed by atoms with van der Waals surface area (Å²) in [7, 11) is 2.11. The maximum Gasteiger partial charge on any atom is 0.300 e. The Morgan fingerprint density at radius 2 is 1.69 bits per heavy atom. The fourth-order valence-electron chi connectivity index (χ4n) is 0.737. The fraction of sp³-hybridized carbons (Fsp3) is 0.769. The molecule has 0 aliphatic carbocycles. The molecule has 3 nitrogen and oxygen atoms in total. The standard InChI is InChI=1S/C6H11N.C5H12.C2H4O2/c1-6-4-3-5-7(6)2;1-5(2,3)4;1-2(3)4/h3,5-6H,4H2,1-2H3;1-4H3;1H3,(H,3,4). The van der Waals surface area contributed by atoms with E-state index in [0.717, 1.165) is 13.0 Å². The van der Waals surface area contributed by atoms with Crippen LogP contribution in [0.4, 0.5) is 0 Å². The van der Waals surface area contributed by atoms with Gasteiger partial charge in [-0.1, -0.05) is 33.8 Å². The van der Waals surface area contributed by atoms with Crippen molar-refractivity contribution in [2.75, 3.05) is 7.05 Å². The molecule has 16 heavy (non-hydrogen) atoms. The smallest absolute Gasteiger partial charge is 0.300 e. The molecule has 0 fully saturated rings. The molecule has 1 rings (SSSR count). The van der Waals surface area contributed by atoms with Gasteiger partial charge in [0.25, 0.3) is 5.97 Å². The van der Waals surface area contributed by atoms with Crippen LogP contribution in [0.3, 0.4) is 0 Å². The van der Waals surface area contributed by atoms with E-state index in [9.17, 15) is 0 Å². The molecule has 0 spiro atoms. The summed E-state index contributed by atoms with van der Waals surface area (Å²) in [6, 6.07) is 0.736. The number of nitrogens with zero attached hydrogens (tertiary/aromatic N) is 1. The van der Waals surface area contributed by atoms with Crippen molar-refractivity contribution < 1.29 is 9.90 Å². The van der Waals surface area contributed by atoms with Crippen LogP contribution in [0.25, 0.3) is 0 Å². The van der Waals surface area contributed by atoms with Crippen molar-refractivity contribution >= 4 is 5.97 Å². The molecule has 0 amide bonds. The highest BCUT2D eigenvalue weighted by atomic mass is 16.4. The molecule has 96 valence electrons. The summed E-state index contributed by atoms with van der Waals surface area (Å²) >= 11 is 0. The van der Waals surface area contributed by atoms with E-state index in [2.05, 4.69) is 58.8 Å². The molecule has 0 saturated carbocycles. The summed E-state index contributed by atoms with van der Waals surface area (Å²) in [6.07, 6.45) is 5.55. The Kier molecular flexibility index (Phi) is 8.92. The molecular formula is C13H27NO2. The molecule has 0 aromatic heterocycles. The Labute approximate surface area is 100 Å². The Morgan fingerprint density at radius 3 is 1.75 bits per heavy atom. The first-order chi connectivity index (χ1) is 7.04. The van der Waals surface area contributed by atoms with E-state index < -0.39 is 5.97 Å². The minimum absolute atomic E-state index is 0.500. The van der Waals surface area contributed by atoms with Crippen molar-refractivity contribution in [1.82, 2.24) is 4.90 Å². The average Bonchev–Trinajstić information content (AvgIpc) is 2.30. The number of carboxylic acids is 1. The van der Waals surface area contributed by atoms with E-state index in [1.165, 1.54) is 6.42 Å². The van der Waals surface area contributed by atoms with Crippen molar-refractivity contribution in [3.63, 3.8) is 0 Å². The van der Waals surface area contributed by atoms with Gasteiger partial charge in [-0.3, -0.25) is 4.79 Å². The highest BCUT2D eigenvalue weighted by Crippen LogP contribution is 2.09. The second kappa shape index (κ2) is 8.20. The summed E-state index contributed by atoms with van der Waals surface area (Å²) < 4.78 is 0. The molecule has 0 saturated heterocycles. The summed E-state index contributed by atoms with van der Waals surface area (Å²) in [6.45, 7) is 12.1. The highest BCUT2D eigenvalue weighted by Gasteiger charge is 2.06. The third kappa shape index (κ3) is 23.1. The molecule has 0 aromatic carbocycles. The van der Waals surface area contributed by atoms with Gasteiger partial charge in [0.1, 0.15) is 0 Å². The van der Waals surface area contributed by atoms with Crippen molar-refractivity contribution in [3.8, 4) is 0 Å². The number of carboxylic acid groups (broad SMARTS) is 1. The summed E-state index contributed by atoms with van der Waals surface area (Å²) in [4.78, 5) is 11.2. The Balaban J connectivity index is 0. The Morgan fingerprint density at radius 1 is 1.38 bits per heavy atom. The zero-order chi connectivity index (χ0) is 13.4. The highest BCUT2D eigenvalue weighted by molar-refractivity contribution is 5.62. The minimum Gasteiger partial charge on any atom is -0.481 e. The van der Waals surface area contributed by atoms with Gasteiger partial charge in [0.2, 0.25) is 0 Å². The summed E-state index contributed by atoms with van der Waals surface area (Å²) in [5.41, 5.74) is 0.500. The lowest BCUT2D eigenvalue weighted by Crippen LogP contribution is -2.17. The van der Waals surface area contributed by atoms with Gasteiger partial charge in [0, 0.05) is 20.0 Å². The van der Waals surface area contributed by atoms with Gasteiger partial charge in [0.15, 0.2) is 0 Å². The average molecular weight is 229 g/mol. The van der Waals surface area contributed by atoms with E-state index >= 15 is 0 Å². The molecule has 1 unspecified atom stereocenters. The third-order valence-corrected chi connectivity index (χ3v) is 1.51. The predicted molar refractivity (Wildman–Crippen MR) is 69.4 cm³/mol. The lowest BCUT2D eigenvalue weighted by Gasteiger charge is -2.14. The molecule has 0 radical (unpaired) electrons. The molecule has 1 N–H and O–H groups in total. The first kappa shape index (κ1) is 17.4. The topological polar surface area (TPSA) is 40.5 Å². The van der Waals surface area contributed by atoms with E-state index in [-0.39, 0.29) is 0 Å². The maximum absolute atomic E-state index is 9.00. The van der Waals surface area contributed by atoms with Crippen LogP contribution in [-0.2, 0) is 4.79 Å². The number of aliphatic carboxylic acids is 1. The van der Waals surface area contributed by atoms with Crippen LogP contribution in [-0.4, -0.2) is 29.1 Å². The molecule has 0 aromatic rings. The van der Waals surface area contributed by atoms with Crippen LogP contribution in [0.2, 0.25) is 0 Å². The predicted octanol–water partition coefficient (Wildman–Crippen LogP) is 3.37. The normalized spacial score (nSPS) is 18.2. The van der Waals surface area contributed by atoms with Gasteiger partial charge in [-0.15, -0.1) is 0 Å². The third-order valence-electron chi connectivity index (χ3n) is 1.51. The van der Waals surface area contributed by atoms with E-state index in [1.54, 1.807) is 0 Å². The Hall–Kier alpha value is -0.990. The molecule has 3 heteroatoms. The van der Waals surface area contributed by atoms with Gasteiger partial charge < -0.3 is 10.0 Å². The number of hydrogen-bond acceptors (Lipinski definition) is 2. The zero-order valence-electron chi connectivity index (χ0n) is 11.7. The first-order valence-corrected chi connectivity index (χ1v) is 5.62. The summed E-state index contributed by atoms with van der Waals surface area (Å²) in [5.74, 6) is -0.833. The van der Waals surface area contributed by atoms with Gasteiger partial charge in [-0.05, 0) is 25.0 Å². The SMILES string of the molecule is CC(=O)O.CC(C)(C)C.CC1CC=CN1C. The minimum atomic E-state index is -0.833. The van der Waals surface area contributed by atoms with E-state index in [0.29, 0.717) is 5.41 Å². The lowest BCUT2D eigenvalue weighted by molar-refractivity contribution is -0.134. The van der Waals surface area contributed by atoms with E-state index in [4.69, 9.17) is 9.90 Å². The van der Waals surface area contributed by atoms with Gasteiger partial charge in [-0.2, -0.15) is 0 Å². The van der Waals surface area contributed by atoms with Crippen LogP contribution in [0.15, 0.2) is 12.3 Å². The van der Waals surface area contributed by atoms with Crippen LogP contribution in [0, 0.1) is 5.41 Å². The first-order valence-electron chi connectivity index (χ1n) is 5.62. The monoisotopic (exact) mass is 229 g/mol. The van der Waals surface area contributed by atoms with Gasteiger partial charge in [-0.25, -0.2) is 0 Å². The van der Waals surface area contributed by atoms with Gasteiger partial charge in [0.05, 0.1) is 0 Å². The number of hydrogen-bond donors (Lipinski definition) is 1. The zero-order valence-corrected chi connectivity index (χ0v) is 11.7. The van der Waals surface area contributed by atoms with Crippen LogP contribution in [0.1, 0.15) is 48.0 Å². The number of rotatable bonds is 0. The second-order valence-corrected chi connectivity index (χ2v) is 5.65. The van der Waals surface area contributed by atoms with Crippen LogP contribution >= 0.6 is 0 Å². The van der Waals surface area contributed by atoms with Crippen LogP contribution < -0.4 is 0 Å². The lowest BCUT2D eigenvalue weighted by atomic mass is 10.0. The second-order valence-electron chi connectivity index (χ2n) is 5.65. The van der Waals surface area contributed by atoms with Gasteiger partial charge >= 0.3 is 0 Å². The van der Waals surface area contributed by atoms with Crippen molar-refractivity contribution in [2.24, 2.45) is 5.41 Å². The maximum atomic E-state index is 9.00. The molecule has 1 heterocycles. The fourth-order valence-corrected chi connectivity index (χ4v) is 0.737. The van der Waals surface area contributed by atoms with Crippen molar-refractivity contribution in [3.05, 3.63) is 12.3 Å². The summed E-state index contributed by atoms with van der Waals surface area (Å²) in [5, 5.41) is 7.42. The van der Waals surface area contributed by atoms with Crippen LogP contribution in [0.5, 0.6) is 0 Å². The largest absolute Gasteiger partial charge is 0.481 e. The molecule has 1 aliphatic rings. The molecule has 0 bridgehead atoms. The van der Waals surface area contributed by atoms with E-state index in [1.807, 2.05) is 0 Å². The van der Waals surface area contributed by atoms with Crippen molar-refractivity contribution in [2.45, 2.75) is 54.0 Å². The molecule has 1 aliphatic heterocycles. The molecular weight excluding hydrogens is 202 g/mol. The Bertz CT molecular complexity index is 206. The molecule has 1 atom stereocenters. The number of carbonyl (C=O) groups is 1. The quantitative estimate of drug-likeness (QED) is 0.692. The van der Waals surface area contributed by atoms with Crippen molar-refractivity contribution in [1.29, 1.82) is 0 Å².